The lowest BCUT2D eigenvalue weighted by Gasteiger charge is -2.02. The molecule has 0 N–H and O–H groups in total. The van der Waals surface area contributed by atoms with Crippen LogP contribution in [0.2, 0.25) is 0 Å². The summed E-state index contributed by atoms with van der Waals surface area (Å²) >= 11 is 0.743. The van der Waals surface area contributed by atoms with Crippen LogP contribution in [0.5, 0.6) is 10.9 Å². The second-order valence-electron chi connectivity index (χ2n) is 3.29. The summed E-state index contributed by atoms with van der Waals surface area (Å²) in [6.45, 7) is 0. The third kappa shape index (κ3) is 2.86. The molecule has 2 aromatic rings. The van der Waals surface area contributed by atoms with Gasteiger partial charge in [0.2, 0.25) is 0 Å². The van der Waals surface area contributed by atoms with Crippen molar-refractivity contribution in [1.82, 2.24) is 4.98 Å². The highest BCUT2D eigenvalue weighted by Crippen LogP contribution is 2.34. The largest absolute Gasteiger partial charge is 0.434 e. The summed E-state index contributed by atoms with van der Waals surface area (Å²) in [6.07, 6.45) is -3.86. The van der Waals surface area contributed by atoms with E-state index in [0.717, 1.165) is 16.7 Å². The molecule has 3 nitrogen and oxygen atoms in total. The van der Waals surface area contributed by atoms with Gasteiger partial charge >= 0.3 is 6.18 Å². The van der Waals surface area contributed by atoms with Crippen molar-refractivity contribution in [3.8, 4) is 10.9 Å². The van der Waals surface area contributed by atoms with Gasteiger partial charge in [-0.15, -0.1) is 0 Å². The number of ether oxygens (including phenoxy) is 1. The van der Waals surface area contributed by atoms with E-state index < -0.39 is 11.9 Å². The molecule has 1 aromatic heterocycles. The van der Waals surface area contributed by atoms with Crippen molar-refractivity contribution in [2.75, 3.05) is 0 Å². The van der Waals surface area contributed by atoms with Crippen molar-refractivity contribution in [1.29, 1.82) is 0 Å². The number of hydrogen-bond donors (Lipinski definition) is 0. The molecule has 0 bridgehead atoms. The standard InChI is InChI=1S/C11H6F3NO2S/c12-11(13,14)9-6-18-10(15-9)17-8-3-1-2-7(4-8)5-16/h1-6H. The number of hydrogen-bond acceptors (Lipinski definition) is 4. The molecule has 0 radical (unpaired) electrons. The van der Waals surface area contributed by atoms with E-state index in [0.29, 0.717) is 11.8 Å². The SMILES string of the molecule is O=Cc1cccc(Oc2nc(C(F)(F)F)cs2)c1. The van der Waals surface area contributed by atoms with E-state index in [2.05, 4.69) is 4.98 Å². The molecule has 1 aromatic carbocycles. The van der Waals surface area contributed by atoms with E-state index in [9.17, 15) is 18.0 Å². The molecular weight excluding hydrogens is 267 g/mol. The molecule has 0 spiro atoms. The van der Waals surface area contributed by atoms with Crippen LogP contribution in [0.15, 0.2) is 29.6 Å². The monoisotopic (exact) mass is 273 g/mol. The minimum atomic E-state index is -4.48. The maximum Gasteiger partial charge on any atom is 0.434 e. The molecule has 0 atom stereocenters. The normalized spacial score (nSPS) is 11.3. The molecule has 2 rings (SSSR count). The van der Waals surface area contributed by atoms with Crippen molar-refractivity contribution in [3.05, 3.63) is 40.9 Å². The fraction of sp³-hybridized carbons (Fsp3) is 0.0909. The quantitative estimate of drug-likeness (QED) is 0.799. The number of carbonyl (C=O) groups excluding carboxylic acids is 1. The maximum atomic E-state index is 12.3. The summed E-state index contributed by atoms with van der Waals surface area (Å²) in [6, 6.07) is 6.07. The van der Waals surface area contributed by atoms with Gasteiger partial charge < -0.3 is 4.74 Å². The maximum absolute atomic E-state index is 12.3. The van der Waals surface area contributed by atoms with Crippen LogP contribution in [-0.2, 0) is 6.18 Å². The Kier molecular flexibility index (Phi) is 3.33. The van der Waals surface area contributed by atoms with E-state index in [1.807, 2.05) is 0 Å². The van der Waals surface area contributed by atoms with Gasteiger partial charge in [-0.3, -0.25) is 4.79 Å². The lowest BCUT2D eigenvalue weighted by molar-refractivity contribution is -0.140. The predicted molar refractivity (Wildman–Crippen MR) is 59.0 cm³/mol. The molecule has 0 fully saturated rings. The number of nitrogens with zero attached hydrogens (tertiary/aromatic N) is 1. The first kappa shape index (κ1) is 12.6. The van der Waals surface area contributed by atoms with Gasteiger partial charge in [0.25, 0.3) is 5.19 Å². The van der Waals surface area contributed by atoms with Gasteiger partial charge in [0, 0.05) is 10.9 Å². The van der Waals surface area contributed by atoms with Crippen LogP contribution in [0.4, 0.5) is 13.2 Å². The highest BCUT2D eigenvalue weighted by molar-refractivity contribution is 7.11. The number of rotatable bonds is 3. The Hall–Kier alpha value is -1.89. The van der Waals surface area contributed by atoms with Gasteiger partial charge in [-0.1, -0.05) is 23.5 Å². The van der Waals surface area contributed by atoms with E-state index in [-0.39, 0.29) is 10.9 Å². The van der Waals surface area contributed by atoms with Gasteiger partial charge in [-0.2, -0.15) is 18.2 Å². The van der Waals surface area contributed by atoms with Gasteiger partial charge in [0.05, 0.1) is 0 Å². The van der Waals surface area contributed by atoms with Crippen LogP contribution < -0.4 is 4.74 Å². The summed E-state index contributed by atoms with van der Waals surface area (Å²) in [5, 5.41) is 0.754. The first-order valence-corrected chi connectivity index (χ1v) is 5.63. The van der Waals surface area contributed by atoms with Crippen LogP contribution in [0.25, 0.3) is 0 Å². The summed E-state index contributed by atoms with van der Waals surface area (Å²) < 4.78 is 42.0. The van der Waals surface area contributed by atoms with Crippen molar-refractivity contribution < 1.29 is 22.7 Å². The lowest BCUT2D eigenvalue weighted by Crippen LogP contribution is -2.04. The van der Waals surface area contributed by atoms with E-state index >= 15 is 0 Å². The third-order valence-electron chi connectivity index (χ3n) is 1.97. The zero-order valence-electron chi connectivity index (χ0n) is 8.77. The molecule has 0 unspecified atom stereocenters. The molecule has 1 heterocycles. The Morgan fingerprint density at radius 3 is 2.72 bits per heavy atom. The van der Waals surface area contributed by atoms with Crippen LogP contribution >= 0.6 is 11.3 Å². The number of aldehydes is 1. The zero-order chi connectivity index (χ0) is 13.2. The van der Waals surface area contributed by atoms with Gasteiger partial charge in [0.1, 0.15) is 12.0 Å². The van der Waals surface area contributed by atoms with Gasteiger partial charge in [-0.25, -0.2) is 0 Å². The minimum Gasteiger partial charge on any atom is -0.431 e. The molecule has 0 saturated heterocycles. The third-order valence-corrected chi connectivity index (χ3v) is 2.69. The van der Waals surface area contributed by atoms with Crippen molar-refractivity contribution in [3.63, 3.8) is 0 Å². The first-order chi connectivity index (χ1) is 8.49. The average Bonchev–Trinajstić information content (AvgIpc) is 2.77. The number of benzene rings is 1. The Morgan fingerprint density at radius 2 is 2.11 bits per heavy atom. The molecular formula is C11H6F3NO2S. The second-order valence-corrected chi connectivity index (χ2v) is 4.11. The number of alkyl halides is 3. The van der Waals surface area contributed by atoms with Crippen molar-refractivity contribution in [2.24, 2.45) is 0 Å². The first-order valence-electron chi connectivity index (χ1n) is 4.75. The molecule has 0 aliphatic rings. The van der Waals surface area contributed by atoms with Gasteiger partial charge in [-0.05, 0) is 12.1 Å². The molecule has 0 aliphatic carbocycles. The van der Waals surface area contributed by atoms with Crippen LogP contribution in [0, 0.1) is 0 Å². The highest BCUT2D eigenvalue weighted by atomic mass is 32.1. The summed E-state index contributed by atoms with van der Waals surface area (Å²) in [5.74, 6) is 0.266. The van der Waals surface area contributed by atoms with E-state index in [4.69, 9.17) is 4.74 Å². The number of halogens is 3. The Labute approximate surface area is 104 Å². The van der Waals surface area contributed by atoms with Crippen molar-refractivity contribution >= 4 is 17.6 Å². The Bertz CT molecular complexity index is 565. The number of carbonyl (C=O) groups is 1. The van der Waals surface area contributed by atoms with E-state index in [1.54, 1.807) is 12.1 Å². The second kappa shape index (κ2) is 4.77. The predicted octanol–water partition coefficient (Wildman–Crippen LogP) is 3.77. The van der Waals surface area contributed by atoms with Gasteiger partial charge in [0.15, 0.2) is 5.69 Å². The lowest BCUT2D eigenvalue weighted by atomic mass is 10.2. The fourth-order valence-corrected chi connectivity index (χ4v) is 1.88. The molecule has 0 amide bonds. The zero-order valence-corrected chi connectivity index (χ0v) is 9.59. The summed E-state index contributed by atoms with van der Waals surface area (Å²) in [5.41, 5.74) is -0.617. The fourth-order valence-electron chi connectivity index (χ4n) is 1.19. The number of thiazole rings is 1. The Morgan fingerprint density at radius 1 is 1.33 bits per heavy atom. The molecule has 94 valence electrons. The average molecular weight is 273 g/mol. The number of aromatic nitrogens is 1. The van der Waals surface area contributed by atoms with E-state index in [1.165, 1.54) is 12.1 Å². The highest BCUT2D eigenvalue weighted by Gasteiger charge is 2.34. The van der Waals surface area contributed by atoms with Crippen LogP contribution in [-0.4, -0.2) is 11.3 Å². The summed E-state index contributed by atoms with van der Waals surface area (Å²) in [4.78, 5) is 13.8. The van der Waals surface area contributed by atoms with Crippen LogP contribution in [0.1, 0.15) is 16.1 Å². The molecule has 7 heteroatoms. The smallest absolute Gasteiger partial charge is 0.431 e. The van der Waals surface area contributed by atoms with Crippen LogP contribution in [0.3, 0.4) is 0 Å². The molecule has 0 aliphatic heterocycles. The Balaban J connectivity index is 2.18. The molecule has 18 heavy (non-hydrogen) atoms. The minimum absolute atomic E-state index is 0.120. The molecule has 0 saturated carbocycles. The summed E-state index contributed by atoms with van der Waals surface area (Å²) in [7, 11) is 0. The topological polar surface area (TPSA) is 39.2 Å². The van der Waals surface area contributed by atoms with Crippen molar-refractivity contribution in [2.45, 2.75) is 6.18 Å².